The lowest BCUT2D eigenvalue weighted by atomic mass is 10.2. The second-order valence-corrected chi connectivity index (χ2v) is 9.87. The number of rotatable bonds is 3. The normalized spacial score (nSPS) is 24.7. The first-order chi connectivity index (χ1) is 14.4. The van der Waals surface area contributed by atoms with Gasteiger partial charge >= 0.3 is 0 Å². The average Bonchev–Trinajstić information content (AvgIpc) is 3.12. The molecule has 1 aromatic carbocycles. The van der Waals surface area contributed by atoms with Crippen molar-refractivity contribution >= 4 is 38.1 Å². The van der Waals surface area contributed by atoms with E-state index in [4.69, 9.17) is 9.15 Å². The van der Waals surface area contributed by atoms with Gasteiger partial charge in [0.25, 0.3) is 10.2 Å². The van der Waals surface area contributed by atoms with Crippen molar-refractivity contribution in [3.8, 4) is 0 Å². The van der Waals surface area contributed by atoms with E-state index >= 15 is 0 Å². The van der Waals surface area contributed by atoms with Gasteiger partial charge in [-0.1, -0.05) is 12.1 Å². The van der Waals surface area contributed by atoms with Gasteiger partial charge < -0.3 is 14.1 Å². The van der Waals surface area contributed by atoms with Crippen LogP contribution in [0.5, 0.6) is 0 Å². The molecule has 0 unspecified atom stereocenters. The summed E-state index contributed by atoms with van der Waals surface area (Å²) in [6.45, 7) is 6.46. The predicted octanol–water partition coefficient (Wildman–Crippen LogP) is 1.85. The molecule has 2 saturated heterocycles. The van der Waals surface area contributed by atoms with E-state index < -0.39 is 10.2 Å². The maximum absolute atomic E-state index is 13.1. The van der Waals surface area contributed by atoms with Crippen LogP contribution in [0.4, 0.5) is 5.82 Å². The molecule has 3 aromatic rings. The largest absolute Gasteiger partial charge is 0.450 e. The van der Waals surface area contributed by atoms with Crippen LogP contribution in [0.25, 0.3) is 22.1 Å². The molecule has 2 aliphatic heterocycles. The van der Waals surface area contributed by atoms with Crippen molar-refractivity contribution < 1.29 is 17.6 Å². The van der Waals surface area contributed by atoms with Gasteiger partial charge in [-0.3, -0.25) is 0 Å². The average molecular weight is 432 g/mol. The Morgan fingerprint density at radius 1 is 0.967 bits per heavy atom. The fourth-order valence-corrected chi connectivity index (χ4v) is 6.10. The number of hydrogen-bond acceptors (Lipinski definition) is 7. The maximum Gasteiger partial charge on any atom is 0.282 e. The summed E-state index contributed by atoms with van der Waals surface area (Å²) < 4.78 is 41.1. The topological polar surface area (TPSA) is 92.0 Å². The summed E-state index contributed by atoms with van der Waals surface area (Å²) in [5.74, 6) is 0.710. The number of fused-ring (bicyclic) bond motifs is 3. The van der Waals surface area contributed by atoms with Gasteiger partial charge in [-0.25, -0.2) is 9.97 Å². The first-order valence-electron chi connectivity index (χ1n) is 10.2. The van der Waals surface area contributed by atoms with Crippen molar-refractivity contribution in [2.24, 2.45) is 0 Å². The van der Waals surface area contributed by atoms with Crippen molar-refractivity contribution in [1.29, 1.82) is 0 Å². The van der Waals surface area contributed by atoms with Gasteiger partial charge in [-0.15, -0.1) is 0 Å². The highest BCUT2D eigenvalue weighted by Gasteiger charge is 2.37. The fourth-order valence-electron chi connectivity index (χ4n) is 4.35. The number of hydrogen-bond donors (Lipinski definition) is 0. The van der Waals surface area contributed by atoms with Crippen LogP contribution in [-0.2, 0) is 14.9 Å². The van der Waals surface area contributed by atoms with Crippen LogP contribution in [0.3, 0.4) is 0 Å². The molecule has 0 N–H and O–H groups in total. The lowest BCUT2D eigenvalue weighted by Crippen LogP contribution is -2.57. The number of para-hydroxylation sites is 1. The van der Waals surface area contributed by atoms with Crippen molar-refractivity contribution in [3.05, 3.63) is 30.6 Å². The van der Waals surface area contributed by atoms with Crippen LogP contribution in [0.15, 0.2) is 35.0 Å². The molecule has 4 heterocycles. The number of ether oxygens (including phenoxy) is 1. The molecule has 160 valence electrons. The summed E-state index contributed by atoms with van der Waals surface area (Å²) >= 11 is 0. The number of morpholine rings is 1. The summed E-state index contributed by atoms with van der Waals surface area (Å²) in [5, 5.41) is 0.952. The van der Waals surface area contributed by atoms with Gasteiger partial charge in [0.05, 0.1) is 12.2 Å². The van der Waals surface area contributed by atoms with Crippen LogP contribution in [0.2, 0.25) is 0 Å². The summed E-state index contributed by atoms with van der Waals surface area (Å²) in [5.41, 5.74) is 2.19. The standard InChI is InChI=1S/C20H25N5O4S/c1-14-11-25(12-15(2)28-14)30(26,27)24-9-7-23(8-10-24)20-19-18(21-13-22-20)16-5-3-4-6-17(16)29-19/h3-6,13-15H,7-12H2,1-2H3/t14-,15-/m1/s1. The number of nitrogens with zero attached hydrogens (tertiary/aromatic N) is 5. The first kappa shape index (κ1) is 19.7. The Kier molecular flexibility index (Phi) is 4.89. The Morgan fingerprint density at radius 3 is 2.40 bits per heavy atom. The summed E-state index contributed by atoms with van der Waals surface area (Å²) in [6, 6.07) is 7.77. The van der Waals surface area contributed by atoms with Crippen LogP contribution in [-0.4, -0.2) is 78.5 Å². The van der Waals surface area contributed by atoms with E-state index in [1.807, 2.05) is 38.1 Å². The molecular formula is C20H25N5O4S. The second-order valence-electron chi connectivity index (χ2n) is 7.94. The minimum absolute atomic E-state index is 0.104. The lowest BCUT2D eigenvalue weighted by molar-refractivity contribution is -0.0455. The SMILES string of the molecule is C[C@@H]1CN(S(=O)(=O)N2CCN(c3ncnc4c3oc3ccccc34)CC2)C[C@@H](C)O1. The number of aromatic nitrogens is 2. The van der Waals surface area contributed by atoms with Crippen molar-refractivity contribution in [2.75, 3.05) is 44.2 Å². The van der Waals surface area contributed by atoms with Gasteiger partial charge in [0.15, 0.2) is 11.4 Å². The Labute approximate surface area is 175 Å². The first-order valence-corrected chi connectivity index (χ1v) is 11.6. The number of benzene rings is 1. The highest BCUT2D eigenvalue weighted by Crippen LogP contribution is 2.32. The van der Waals surface area contributed by atoms with E-state index in [2.05, 4.69) is 14.9 Å². The monoisotopic (exact) mass is 431 g/mol. The van der Waals surface area contributed by atoms with Crippen molar-refractivity contribution in [2.45, 2.75) is 26.1 Å². The minimum Gasteiger partial charge on any atom is -0.450 e. The Hall–Kier alpha value is -2.27. The van der Waals surface area contributed by atoms with E-state index in [0.29, 0.717) is 50.7 Å². The quantitative estimate of drug-likeness (QED) is 0.625. The van der Waals surface area contributed by atoms with E-state index in [-0.39, 0.29) is 12.2 Å². The zero-order valence-electron chi connectivity index (χ0n) is 17.1. The van der Waals surface area contributed by atoms with Crippen LogP contribution < -0.4 is 4.90 Å². The third kappa shape index (κ3) is 3.33. The van der Waals surface area contributed by atoms with Gasteiger partial charge in [0.1, 0.15) is 17.4 Å². The molecule has 9 nitrogen and oxygen atoms in total. The molecular weight excluding hydrogens is 406 g/mol. The molecule has 0 radical (unpaired) electrons. The molecule has 2 aromatic heterocycles. The van der Waals surface area contributed by atoms with Crippen LogP contribution >= 0.6 is 0 Å². The van der Waals surface area contributed by atoms with Crippen LogP contribution in [0.1, 0.15) is 13.8 Å². The zero-order valence-corrected chi connectivity index (χ0v) is 17.9. The van der Waals surface area contributed by atoms with E-state index in [1.165, 1.54) is 0 Å². The molecule has 5 rings (SSSR count). The highest BCUT2D eigenvalue weighted by atomic mass is 32.2. The third-order valence-corrected chi connectivity index (χ3v) is 7.68. The molecule has 2 aliphatic rings. The molecule has 2 atom stereocenters. The van der Waals surface area contributed by atoms with E-state index in [1.54, 1.807) is 14.9 Å². The Morgan fingerprint density at radius 2 is 1.67 bits per heavy atom. The van der Waals surface area contributed by atoms with Crippen molar-refractivity contribution in [3.63, 3.8) is 0 Å². The minimum atomic E-state index is -3.52. The highest BCUT2D eigenvalue weighted by molar-refractivity contribution is 7.86. The van der Waals surface area contributed by atoms with Crippen molar-refractivity contribution in [1.82, 2.24) is 18.6 Å². The Balaban J connectivity index is 1.36. The van der Waals surface area contributed by atoms with E-state index in [9.17, 15) is 8.42 Å². The fraction of sp³-hybridized carbons (Fsp3) is 0.500. The van der Waals surface area contributed by atoms with Gasteiger partial charge in [0.2, 0.25) is 0 Å². The number of piperazine rings is 1. The smallest absolute Gasteiger partial charge is 0.282 e. The van der Waals surface area contributed by atoms with Gasteiger partial charge in [-0.05, 0) is 26.0 Å². The van der Waals surface area contributed by atoms with Gasteiger partial charge in [-0.2, -0.15) is 17.0 Å². The molecule has 30 heavy (non-hydrogen) atoms. The van der Waals surface area contributed by atoms with Gasteiger partial charge in [0, 0.05) is 44.7 Å². The number of furan rings is 1. The molecule has 0 aliphatic carbocycles. The van der Waals surface area contributed by atoms with Crippen LogP contribution in [0, 0.1) is 0 Å². The summed E-state index contributed by atoms with van der Waals surface area (Å²) in [4.78, 5) is 10.9. The predicted molar refractivity (Wildman–Crippen MR) is 114 cm³/mol. The zero-order chi connectivity index (χ0) is 20.9. The maximum atomic E-state index is 13.1. The molecule has 10 heteroatoms. The Bertz CT molecular complexity index is 1160. The molecule has 0 bridgehead atoms. The lowest BCUT2D eigenvalue weighted by Gasteiger charge is -2.40. The second kappa shape index (κ2) is 7.45. The third-order valence-electron chi connectivity index (χ3n) is 5.72. The summed E-state index contributed by atoms with van der Waals surface area (Å²) in [7, 11) is -3.52. The molecule has 0 amide bonds. The molecule has 2 fully saturated rings. The summed E-state index contributed by atoms with van der Waals surface area (Å²) in [6.07, 6.45) is 1.33. The molecule has 0 saturated carbocycles. The van der Waals surface area contributed by atoms with E-state index in [0.717, 1.165) is 16.5 Å². The number of anilines is 1. The molecule has 0 spiro atoms.